The Kier molecular flexibility index (Phi) is 7.13. The van der Waals surface area contributed by atoms with Gasteiger partial charge < -0.3 is 0 Å². The molecule has 2 N–H and O–H groups in total. The molecule has 2 fully saturated rings. The number of amides is 2. The predicted octanol–water partition coefficient (Wildman–Crippen LogP) is 3.96. The zero-order chi connectivity index (χ0) is 20.8. The second-order valence-electron chi connectivity index (χ2n) is 9.43. The quantitative estimate of drug-likeness (QED) is 0.234. The molecule has 4 rings (SSSR count). The number of fused-ring (bicyclic) bond motifs is 4. The zero-order valence-electron chi connectivity index (χ0n) is 17.7. The van der Waals surface area contributed by atoms with Gasteiger partial charge in [0.05, 0.1) is 0 Å². The van der Waals surface area contributed by atoms with Gasteiger partial charge in [0.2, 0.25) is 11.8 Å². The Morgan fingerprint density at radius 1 is 0.700 bits per heavy atom. The summed E-state index contributed by atoms with van der Waals surface area (Å²) < 4.78 is 0. The average Bonchev–Trinajstić information content (AvgIpc) is 3.52. The van der Waals surface area contributed by atoms with Gasteiger partial charge in [0.1, 0.15) is 0 Å². The third-order valence-electron chi connectivity index (χ3n) is 7.13. The SMILES string of the molecule is O=C(CCCCCCC(=O)N/N=C\[C@H]1C[C@@H]2C=C[C@@H]1C2)N/N=C\[C@@H]1C[C@@H]2C=C[C@@H]1C2. The summed E-state index contributed by atoms with van der Waals surface area (Å²) in [7, 11) is 0. The van der Waals surface area contributed by atoms with E-state index in [-0.39, 0.29) is 11.8 Å². The van der Waals surface area contributed by atoms with Crippen LogP contribution in [0.2, 0.25) is 0 Å². The first-order valence-electron chi connectivity index (χ1n) is 11.7. The van der Waals surface area contributed by atoms with Gasteiger partial charge in [0.25, 0.3) is 0 Å². The molecule has 4 bridgehead atoms. The molecule has 2 saturated carbocycles. The molecular formula is C24H34N4O2. The van der Waals surface area contributed by atoms with Crippen LogP contribution < -0.4 is 10.9 Å². The number of carbonyl (C=O) groups excluding carboxylic acids is 2. The van der Waals surface area contributed by atoms with Crippen molar-refractivity contribution in [3.8, 4) is 0 Å². The Balaban J connectivity index is 0.981. The molecule has 0 aromatic rings. The largest absolute Gasteiger partial charge is 0.273 e. The number of hydrogen-bond acceptors (Lipinski definition) is 4. The molecule has 0 aromatic carbocycles. The molecule has 0 saturated heterocycles. The monoisotopic (exact) mass is 410 g/mol. The minimum Gasteiger partial charge on any atom is -0.273 e. The summed E-state index contributed by atoms with van der Waals surface area (Å²) in [6, 6.07) is 0. The van der Waals surface area contributed by atoms with Crippen LogP contribution in [0.25, 0.3) is 0 Å². The van der Waals surface area contributed by atoms with E-state index in [2.05, 4.69) is 45.4 Å². The third-order valence-corrected chi connectivity index (χ3v) is 7.13. The Morgan fingerprint density at radius 3 is 1.53 bits per heavy atom. The summed E-state index contributed by atoms with van der Waals surface area (Å²) >= 11 is 0. The topological polar surface area (TPSA) is 82.9 Å². The van der Waals surface area contributed by atoms with Crippen LogP contribution in [0.1, 0.15) is 64.2 Å². The first-order valence-corrected chi connectivity index (χ1v) is 11.7. The van der Waals surface area contributed by atoms with Gasteiger partial charge in [-0.1, -0.05) is 37.1 Å². The smallest absolute Gasteiger partial charge is 0.240 e. The van der Waals surface area contributed by atoms with E-state index in [4.69, 9.17) is 0 Å². The van der Waals surface area contributed by atoms with Crippen LogP contribution in [-0.4, -0.2) is 24.2 Å². The standard InChI is InChI=1S/C24H34N4O2/c29-23(27-25-15-21-13-17-7-9-19(21)11-17)5-3-1-2-4-6-24(30)28-26-16-22-14-18-8-10-20(22)12-18/h7-10,15-22H,1-6,11-14H2,(H,27,29)(H,28,30)/b25-15-,26-16-/t17-,18-,19-,20-,21-,22+/m1/s1. The van der Waals surface area contributed by atoms with E-state index in [0.29, 0.717) is 36.5 Å². The molecule has 6 atom stereocenters. The van der Waals surface area contributed by atoms with E-state index >= 15 is 0 Å². The summed E-state index contributed by atoms with van der Waals surface area (Å²) in [6.07, 6.45) is 22.4. The molecule has 0 aromatic heterocycles. The van der Waals surface area contributed by atoms with Crippen molar-refractivity contribution in [2.75, 3.05) is 0 Å². The number of rotatable bonds is 11. The normalized spacial score (nSPS) is 33.3. The van der Waals surface area contributed by atoms with Crippen molar-refractivity contribution < 1.29 is 9.59 Å². The maximum absolute atomic E-state index is 11.9. The highest BCUT2D eigenvalue weighted by Crippen LogP contribution is 2.43. The van der Waals surface area contributed by atoms with Crippen LogP contribution in [0, 0.1) is 35.5 Å². The molecule has 6 nitrogen and oxygen atoms in total. The molecule has 0 radical (unpaired) electrons. The average molecular weight is 411 g/mol. The van der Waals surface area contributed by atoms with Gasteiger partial charge in [-0.2, -0.15) is 10.2 Å². The highest BCUT2D eigenvalue weighted by Gasteiger charge is 2.35. The van der Waals surface area contributed by atoms with Crippen LogP contribution in [0.3, 0.4) is 0 Å². The van der Waals surface area contributed by atoms with E-state index in [0.717, 1.165) is 37.5 Å². The Bertz CT molecular complexity index is 679. The summed E-state index contributed by atoms with van der Waals surface area (Å²) in [5, 5.41) is 8.30. The van der Waals surface area contributed by atoms with Crippen LogP contribution in [0.15, 0.2) is 34.5 Å². The van der Waals surface area contributed by atoms with E-state index in [1.807, 2.05) is 12.4 Å². The summed E-state index contributed by atoms with van der Waals surface area (Å²) in [5.74, 6) is 3.61. The number of nitrogens with zero attached hydrogens (tertiary/aromatic N) is 2. The number of nitrogens with one attached hydrogen (secondary N) is 2. The molecule has 30 heavy (non-hydrogen) atoms. The second-order valence-corrected chi connectivity index (χ2v) is 9.43. The molecule has 6 heteroatoms. The van der Waals surface area contributed by atoms with Crippen LogP contribution in [0.4, 0.5) is 0 Å². The van der Waals surface area contributed by atoms with E-state index < -0.39 is 0 Å². The van der Waals surface area contributed by atoms with Crippen molar-refractivity contribution in [2.24, 2.45) is 45.7 Å². The second kappa shape index (κ2) is 10.2. The minimum atomic E-state index is -0.0208. The highest BCUT2D eigenvalue weighted by atomic mass is 16.2. The van der Waals surface area contributed by atoms with Crippen molar-refractivity contribution in [1.29, 1.82) is 0 Å². The van der Waals surface area contributed by atoms with Crippen molar-refractivity contribution in [1.82, 2.24) is 10.9 Å². The first kappa shape index (κ1) is 21.0. The van der Waals surface area contributed by atoms with Crippen LogP contribution >= 0.6 is 0 Å². The van der Waals surface area contributed by atoms with Gasteiger partial charge in [-0.15, -0.1) is 0 Å². The van der Waals surface area contributed by atoms with E-state index in [9.17, 15) is 9.59 Å². The third kappa shape index (κ3) is 5.67. The molecule has 162 valence electrons. The Labute approximate surface area is 179 Å². The molecule has 0 unspecified atom stereocenters. The predicted molar refractivity (Wildman–Crippen MR) is 119 cm³/mol. The van der Waals surface area contributed by atoms with Crippen molar-refractivity contribution in [2.45, 2.75) is 64.2 Å². The fourth-order valence-electron chi connectivity index (χ4n) is 5.44. The molecule has 4 aliphatic carbocycles. The van der Waals surface area contributed by atoms with Crippen LogP contribution in [-0.2, 0) is 9.59 Å². The van der Waals surface area contributed by atoms with Gasteiger partial charge in [0, 0.05) is 37.1 Å². The molecule has 0 heterocycles. The lowest BCUT2D eigenvalue weighted by molar-refractivity contribution is -0.122. The van der Waals surface area contributed by atoms with E-state index in [1.165, 1.54) is 25.7 Å². The van der Waals surface area contributed by atoms with Crippen molar-refractivity contribution >= 4 is 24.2 Å². The number of allylic oxidation sites excluding steroid dienone is 4. The van der Waals surface area contributed by atoms with Gasteiger partial charge >= 0.3 is 0 Å². The summed E-state index contributed by atoms with van der Waals surface area (Å²) in [4.78, 5) is 23.7. The Hall–Kier alpha value is -2.24. The molecule has 0 spiro atoms. The van der Waals surface area contributed by atoms with Gasteiger partial charge in [-0.3, -0.25) is 9.59 Å². The molecule has 4 aliphatic rings. The molecule has 0 aliphatic heterocycles. The number of carbonyl (C=O) groups is 2. The fraction of sp³-hybridized carbons (Fsp3) is 0.667. The van der Waals surface area contributed by atoms with Gasteiger partial charge in [0.15, 0.2) is 0 Å². The summed E-state index contributed by atoms with van der Waals surface area (Å²) in [6.45, 7) is 0. The zero-order valence-corrected chi connectivity index (χ0v) is 17.7. The van der Waals surface area contributed by atoms with E-state index in [1.54, 1.807) is 0 Å². The highest BCUT2D eigenvalue weighted by molar-refractivity contribution is 5.77. The minimum absolute atomic E-state index is 0.0208. The number of hydrogen-bond donors (Lipinski definition) is 2. The van der Waals surface area contributed by atoms with Gasteiger partial charge in [-0.05, 0) is 62.2 Å². The Morgan fingerprint density at radius 2 is 1.17 bits per heavy atom. The van der Waals surface area contributed by atoms with Crippen LogP contribution in [0.5, 0.6) is 0 Å². The lowest BCUT2D eigenvalue weighted by Gasteiger charge is -2.12. The van der Waals surface area contributed by atoms with Gasteiger partial charge in [-0.25, -0.2) is 10.9 Å². The lowest BCUT2D eigenvalue weighted by Crippen LogP contribution is -2.19. The summed E-state index contributed by atoms with van der Waals surface area (Å²) in [5.41, 5.74) is 5.31. The maximum Gasteiger partial charge on any atom is 0.240 e. The molecular weight excluding hydrogens is 376 g/mol. The number of unbranched alkanes of at least 4 members (excludes halogenated alkanes) is 3. The first-order chi connectivity index (χ1) is 14.7. The van der Waals surface area contributed by atoms with Crippen molar-refractivity contribution in [3.63, 3.8) is 0 Å². The number of hydrazone groups is 2. The van der Waals surface area contributed by atoms with Crippen molar-refractivity contribution in [3.05, 3.63) is 24.3 Å². The lowest BCUT2D eigenvalue weighted by atomic mass is 9.95. The fourth-order valence-corrected chi connectivity index (χ4v) is 5.44. The molecule has 2 amide bonds. The maximum atomic E-state index is 11.9.